The summed E-state index contributed by atoms with van der Waals surface area (Å²) in [6.07, 6.45) is 0.646. The number of carbonyl (C=O) groups excluding carboxylic acids is 1. The number of hydrogen-bond donors (Lipinski definition) is 2. The standard InChI is InChI=1S/C14H15F2NO4S/c15-9-1-2-11(10(16)7-9)21-8-12(18)17-14(13(19)20)3-5-22-6-4-14/h1-2,7H,3-6,8H2,(H,17,18)(H,19,20). The minimum atomic E-state index is -1.30. The van der Waals surface area contributed by atoms with Gasteiger partial charge >= 0.3 is 5.97 Å². The van der Waals surface area contributed by atoms with Crippen LogP contribution in [-0.4, -0.2) is 40.6 Å². The number of carbonyl (C=O) groups is 2. The molecule has 2 N–H and O–H groups in total. The fourth-order valence-electron chi connectivity index (χ4n) is 2.15. The van der Waals surface area contributed by atoms with Gasteiger partial charge in [0.2, 0.25) is 0 Å². The van der Waals surface area contributed by atoms with E-state index in [9.17, 15) is 23.5 Å². The van der Waals surface area contributed by atoms with Crippen molar-refractivity contribution in [1.29, 1.82) is 0 Å². The van der Waals surface area contributed by atoms with Crippen molar-refractivity contribution in [2.45, 2.75) is 18.4 Å². The van der Waals surface area contributed by atoms with Gasteiger partial charge in [0.05, 0.1) is 0 Å². The van der Waals surface area contributed by atoms with E-state index in [1.165, 1.54) is 0 Å². The molecule has 0 unspecified atom stereocenters. The topological polar surface area (TPSA) is 75.6 Å². The number of amides is 1. The van der Waals surface area contributed by atoms with Gasteiger partial charge in [0.15, 0.2) is 18.2 Å². The van der Waals surface area contributed by atoms with Crippen LogP contribution >= 0.6 is 11.8 Å². The molecule has 0 bridgehead atoms. The van der Waals surface area contributed by atoms with Crippen LogP contribution in [0.15, 0.2) is 18.2 Å². The Hall–Kier alpha value is -1.83. The lowest BCUT2D eigenvalue weighted by molar-refractivity contribution is -0.148. The van der Waals surface area contributed by atoms with Gasteiger partial charge in [-0.3, -0.25) is 4.79 Å². The molecule has 1 saturated heterocycles. The van der Waals surface area contributed by atoms with Crippen LogP contribution in [0.25, 0.3) is 0 Å². The lowest BCUT2D eigenvalue weighted by Gasteiger charge is -2.33. The van der Waals surface area contributed by atoms with Crippen molar-refractivity contribution in [2.24, 2.45) is 0 Å². The number of nitrogens with one attached hydrogen (secondary N) is 1. The maximum atomic E-state index is 13.4. The first-order chi connectivity index (χ1) is 10.4. The van der Waals surface area contributed by atoms with Crippen LogP contribution in [0, 0.1) is 11.6 Å². The van der Waals surface area contributed by atoms with Crippen molar-refractivity contribution in [2.75, 3.05) is 18.1 Å². The van der Waals surface area contributed by atoms with Crippen molar-refractivity contribution >= 4 is 23.6 Å². The highest BCUT2D eigenvalue weighted by Crippen LogP contribution is 2.27. The van der Waals surface area contributed by atoms with Gasteiger partial charge in [-0.1, -0.05) is 0 Å². The second-order valence-corrected chi connectivity index (χ2v) is 6.14. The lowest BCUT2D eigenvalue weighted by Crippen LogP contribution is -2.57. The van der Waals surface area contributed by atoms with E-state index in [0.717, 1.165) is 12.1 Å². The summed E-state index contributed by atoms with van der Waals surface area (Å²) in [6.45, 7) is -0.537. The van der Waals surface area contributed by atoms with Crippen LogP contribution < -0.4 is 10.1 Å². The largest absolute Gasteiger partial charge is 0.481 e. The summed E-state index contributed by atoms with van der Waals surface area (Å²) in [5.41, 5.74) is -1.30. The molecule has 1 aromatic carbocycles. The summed E-state index contributed by atoms with van der Waals surface area (Å²) in [5, 5.41) is 11.8. The minimum Gasteiger partial charge on any atom is -0.481 e. The Morgan fingerprint density at radius 2 is 2.00 bits per heavy atom. The molecular weight excluding hydrogens is 316 g/mol. The van der Waals surface area contributed by atoms with Gasteiger partial charge in [-0.2, -0.15) is 11.8 Å². The highest BCUT2D eigenvalue weighted by molar-refractivity contribution is 7.99. The number of carboxylic acid groups (broad SMARTS) is 1. The summed E-state index contributed by atoms with van der Waals surface area (Å²) in [7, 11) is 0. The maximum Gasteiger partial charge on any atom is 0.329 e. The summed E-state index contributed by atoms with van der Waals surface area (Å²) >= 11 is 1.62. The van der Waals surface area contributed by atoms with E-state index in [-0.39, 0.29) is 5.75 Å². The number of hydrogen-bond acceptors (Lipinski definition) is 4. The van der Waals surface area contributed by atoms with Crippen LogP contribution in [0.2, 0.25) is 0 Å². The van der Waals surface area contributed by atoms with E-state index in [1.54, 1.807) is 11.8 Å². The lowest BCUT2D eigenvalue weighted by atomic mass is 9.92. The van der Waals surface area contributed by atoms with Gasteiger partial charge < -0.3 is 15.2 Å². The van der Waals surface area contributed by atoms with Gasteiger partial charge in [0, 0.05) is 6.07 Å². The van der Waals surface area contributed by atoms with Crippen LogP contribution in [-0.2, 0) is 9.59 Å². The van der Waals surface area contributed by atoms with E-state index >= 15 is 0 Å². The van der Waals surface area contributed by atoms with E-state index in [0.29, 0.717) is 30.4 Å². The zero-order valence-electron chi connectivity index (χ0n) is 11.6. The normalized spacial score (nSPS) is 16.8. The molecule has 8 heteroatoms. The molecule has 1 amide bonds. The zero-order chi connectivity index (χ0) is 16.2. The molecule has 1 aliphatic heterocycles. The molecule has 0 aromatic heterocycles. The van der Waals surface area contributed by atoms with Crippen LogP contribution in [0.1, 0.15) is 12.8 Å². The van der Waals surface area contributed by atoms with Crippen molar-refractivity contribution in [3.05, 3.63) is 29.8 Å². The molecule has 1 heterocycles. The fourth-order valence-corrected chi connectivity index (χ4v) is 3.34. The average Bonchev–Trinajstić information content (AvgIpc) is 2.47. The molecule has 5 nitrogen and oxygen atoms in total. The molecule has 0 saturated carbocycles. The molecule has 22 heavy (non-hydrogen) atoms. The van der Waals surface area contributed by atoms with Gasteiger partial charge in [-0.05, 0) is 36.5 Å². The van der Waals surface area contributed by atoms with Crippen molar-refractivity contribution in [3.63, 3.8) is 0 Å². The third-order valence-corrected chi connectivity index (χ3v) is 4.37. The molecule has 0 aliphatic carbocycles. The number of ether oxygens (including phenoxy) is 1. The first-order valence-corrected chi connectivity index (χ1v) is 7.78. The van der Waals surface area contributed by atoms with Gasteiger partial charge in [-0.15, -0.1) is 0 Å². The predicted molar refractivity (Wildman–Crippen MR) is 76.9 cm³/mol. The second kappa shape index (κ2) is 6.95. The van der Waals surface area contributed by atoms with Crippen LogP contribution in [0.4, 0.5) is 8.78 Å². The Kier molecular flexibility index (Phi) is 5.23. The van der Waals surface area contributed by atoms with Crippen molar-refractivity contribution < 1.29 is 28.2 Å². The Balaban J connectivity index is 1.95. The molecule has 1 aromatic rings. The quantitative estimate of drug-likeness (QED) is 0.861. The summed E-state index contributed by atoms with van der Waals surface area (Å²) in [5.74, 6) is -2.40. The van der Waals surface area contributed by atoms with E-state index in [4.69, 9.17) is 4.74 Å². The van der Waals surface area contributed by atoms with Crippen LogP contribution in [0.5, 0.6) is 5.75 Å². The maximum absolute atomic E-state index is 13.4. The molecule has 120 valence electrons. The molecule has 0 radical (unpaired) electrons. The van der Waals surface area contributed by atoms with E-state index in [1.807, 2.05) is 0 Å². The Bertz CT molecular complexity index is 576. The summed E-state index contributed by atoms with van der Waals surface area (Å²) in [4.78, 5) is 23.3. The molecule has 0 atom stereocenters. The molecule has 2 rings (SSSR count). The predicted octanol–water partition coefficient (Wildman–Crippen LogP) is 1.81. The Morgan fingerprint density at radius 1 is 1.32 bits per heavy atom. The smallest absolute Gasteiger partial charge is 0.329 e. The number of halogens is 2. The third-order valence-electron chi connectivity index (χ3n) is 3.39. The van der Waals surface area contributed by atoms with E-state index in [2.05, 4.69) is 5.32 Å². The monoisotopic (exact) mass is 331 g/mol. The van der Waals surface area contributed by atoms with Crippen LogP contribution in [0.3, 0.4) is 0 Å². The number of benzene rings is 1. The zero-order valence-corrected chi connectivity index (χ0v) is 12.4. The molecular formula is C14H15F2NO4S. The highest BCUT2D eigenvalue weighted by atomic mass is 32.2. The number of carboxylic acids is 1. The minimum absolute atomic E-state index is 0.264. The molecule has 1 aliphatic rings. The number of thioether (sulfide) groups is 1. The Labute approximate surface area is 130 Å². The van der Waals surface area contributed by atoms with Gasteiger partial charge in [0.25, 0.3) is 5.91 Å². The fraction of sp³-hybridized carbons (Fsp3) is 0.429. The summed E-state index contributed by atoms with van der Waals surface area (Å²) < 4.78 is 31.1. The van der Waals surface area contributed by atoms with Crippen molar-refractivity contribution in [3.8, 4) is 5.75 Å². The second-order valence-electron chi connectivity index (χ2n) is 4.91. The molecule has 0 spiro atoms. The average molecular weight is 331 g/mol. The van der Waals surface area contributed by atoms with E-state index < -0.39 is 35.7 Å². The third kappa shape index (κ3) is 3.88. The SMILES string of the molecule is O=C(COc1ccc(F)cc1F)NC1(C(=O)O)CCSCC1. The Morgan fingerprint density at radius 3 is 2.59 bits per heavy atom. The highest BCUT2D eigenvalue weighted by Gasteiger charge is 2.41. The first-order valence-electron chi connectivity index (χ1n) is 6.63. The van der Waals surface area contributed by atoms with Crippen molar-refractivity contribution in [1.82, 2.24) is 5.32 Å². The molecule has 1 fully saturated rings. The van der Waals surface area contributed by atoms with Gasteiger partial charge in [-0.25, -0.2) is 13.6 Å². The number of rotatable bonds is 5. The summed E-state index contributed by atoms with van der Waals surface area (Å²) in [6, 6.07) is 2.72. The number of aliphatic carboxylic acids is 1. The van der Waals surface area contributed by atoms with Gasteiger partial charge in [0.1, 0.15) is 11.4 Å². The first kappa shape index (κ1) is 16.5.